The molecule has 0 radical (unpaired) electrons. The molecule has 0 aliphatic rings. The van der Waals surface area contributed by atoms with Crippen LogP contribution in [0.2, 0.25) is 0 Å². The first-order chi connectivity index (χ1) is 14.2. The largest absolute Gasteiger partial charge is 0.480 e. The average Bonchev–Trinajstić information content (AvgIpc) is 3.16. The number of ether oxygens (including phenoxy) is 2. The third-order valence-corrected chi connectivity index (χ3v) is 4.14. The molecule has 144 valence electrons. The van der Waals surface area contributed by atoms with Gasteiger partial charge in [0.15, 0.2) is 0 Å². The number of aromatic nitrogens is 6. The van der Waals surface area contributed by atoms with Crippen molar-refractivity contribution in [3.63, 3.8) is 0 Å². The van der Waals surface area contributed by atoms with E-state index in [1.807, 2.05) is 12.1 Å². The van der Waals surface area contributed by atoms with E-state index in [4.69, 9.17) is 14.7 Å². The molecular formula is C19H16N8O2. The minimum atomic E-state index is 0.238. The molecule has 0 fully saturated rings. The van der Waals surface area contributed by atoms with Crippen molar-refractivity contribution in [2.24, 2.45) is 0 Å². The molecule has 0 amide bonds. The summed E-state index contributed by atoms with van der Waals surface area (Å²) in [6.07, 6.45) is 6.37. The highest BCUT2D eigenvalue weighted by atomic mass is 16.5. The number of methoxy groups -OCH3 is 1. The monoisotopic (exact) mass is 388 g/mol. The van der Waals surface area contributed by atoms with Gasteiger partial charge in [0.1, 0.15) is 41.9 Å². The molecular weight excluding hydrogens is 372 g/mol. The number of nitrogens with zero attached hydrogens (tertiary/aromatic N) is 7. The van der Waals surface area contributed by atoms with Crippen LogP contribution in [0.25, 0.3) is 16.9 Å². The van der Waals surface area contributed by atoms with Crippen LogP contribution in [0.15, 0.2) is 43.1 Å². The van der Waals surface area contributed by atoms with E-state index in [-0.39, 0.29) is 6.61 Å². The maximum absolute atomic E-state index is 9.03. The third kappa shape index (κ3) is 3.61. The van der Waals surface area contributed by atoms with Crippen LogP contribution in [-0.4, -0.2) is 43.5 Å². The predicted octanol–water partition coefficient (Wildman–Crippen LogP) is 2.08. The topological polar surface area (TPSA) is 123 Å². The molecule has 0 atom stereocenters. The Morgan fingerprint density at radius 1 is 1.10 bits per heavy atom. The minimum Gasteiger partial charge on any atom is -0.480 e. The van der Waals surface area contributed by atoms with E-state index < -0.39 is 0 Å². The lowest BCUT2D eigenvalue weighted by molar-refractivity contribution is 0.288. The summed E-state index contributed by atoms with van der Waals surface area (Å²) < 4.78 is 12.4. The predicted molar refractivity (Wildman–Crippen MR) is 103 cm³/mol. The zero-order valence-electron chi connectivity index (χ0n) is 15.7. The summed E-state index contributed by atoms with van der Waals surface area (Å²) in [6, 6.07) is 7.27. The fraction of sp³-hybridized carbons (Fsp3) is 0.158. The highest BCUT2D eigenvalue weighted by Crippen LogP contribution is 2.28. The van der Waals surface area contributed by atoms with Crippen LogP contribution in [-0.2, 0) is 6.61 Å². The van der Waals surface area contributed by atoms with Gasteiger partial charge in [0.2, 0.25) is 11.8 Å². The summed E-state index contributed by atoms with van der Waals surface area (Å²) in [5.41, 5.74) is 3.09. The maximum atomic E-state index is 9.03. The van der Waals surface area contributed by atoms with E-state index in [1.165, 1.54) is 13.3 Å². The molecule has 1 N–H and O–H groups in total. The molecule has 4 aromatic heterocycles. The van der Waals surface area contributed by atoms with E-state index in [1.54, 1.807) is 42.3 Å². The first-order valence-electron chi connectivity index (χ1n) is 8.62. The lowest BCUT2D eigenvalue weighted by Gasteiger charge is -2.07. The number of fused-ring (bicyclic) bond motifs is 1. The molecule has 0 aliphatic carbocycles. The van der Waals surface area contributed by atoms with Gasteiger partial charge in [-0.3, -0.25) is 9.38 Å². The number of imidazole rings is 1. The second-order valence-corrected chi connectivity index (χ2v) is 5.90. The summed E-state index contributed by atoms with van der Waals surface area (Å²) in [5.74, 6) is 1.65. The Hall–Kier alpha value is -4.26. The van der Waals surface area contributed by atoms with Gasteiger partial charge in [0.25, 0.3) is 0 Å². The molecule has 4 rings (SSSR count). The van der Waals surface area contributed by atoms with Crippen molar-refractivity contribution in [2.75, 3.05) is 19.5 Å². The highest BCUT2D eigenvalue weighted by Gasteiger charge is 2.14. The standard InChI is InChI=1S/C19H16N8O2/c1-21-19-18(26-15-5-13(6-20)25-11-27(15)19)12-3-4-16(23-7-12)29-10-14-8-24-17(28-2)9-22-14/h3-5,7-9,11,21H,10H2,1-2H3. The van der Waals surface area contributed by atoms with Gasteiger partial charge in [0.05, 0.1) is 25.2 Å². The van der Waals surface area contributed by atoms with Gasteiger partial charge in [-0.15, -0.1) is 0 Å². The van der Waals surface area contributed by atoms with Crippen LogP contribution < -0.4 is 14.8 Å². The molecule has 0 aromatic carbocycles. The van der Waals surface area contributed by atoms with Crippen molar-refractivity contribution in [1.29, 1.82) is 5.26 Å². The van der Waals surface area contributed by atoms with Crippen LogP contribution in [0.5, 0.6) is 11.8 Å². The van der Waals surface area contributed by atoms with Crippen molar-refractivity contribution in [2.45, 2.75) is 6.61 Å². The minimum absolute atomic E-state index is 0.238. The summed E-state index contributed by atoms with van der Waals surface area (Å²) in [7, 11) is 3.33. The SMILES string of the molecule is CNc1c(-c2ccc(OCc3cnc(OC)cn3)nc2)nc2cc(C#N)ncn12. The van der Waals surface area contributed by atoms with Crippen LogP contribution >= 0.6 is 0 Å². The zero-order chi connectivity index (χ0) is 20.2. The quantitative estimate of drug-likeness (QED) is 0.529. The molecule has 10 heteroatoms. The molecule has 4 aromatic rings. The van der Waals surface area contributed by atoms with Crippen molar-refractivity contribution in [3.8, 4) is 29.1 Å². The second kappa shape index (κ2) is 7.77. The molecule has 0 saturated carbocycles. The van der Waals surface area contributed by atoms with Crippen molar-refractivity contribution < 1.29 is 9.47 Å². The highest BCUT2D eigenvalue weighted by molar-refractivity contribution is 5.76. The van der Waals surface area contributed by atoms with Gasteiger partial charge >= 0.3 is 0 Å². The summed E-state index contributed by atoms with van der Waals surface area (Å²) in [5, 5.41) is 12.2. The number of rotatable bonds is 6. The van der Waals surface area contributed by atoms with Crippen molar-refractivity contribution >= 4 is 11.5 Å². The first-order valence-corrected chi connectivity index (χ1v) is 8.62. The number of anilines is 1. The van der Waals surface area contributed by atoms with Crippen LogP contribution in [0.1, 0.15) is 11.4 Å². The molecule has 29 heavy (non-hydrogen) atoms. The number of hydrogen-bond acceptors (Lipinski definition) is 9. The van der Waals surface area contributed by atoms with E-state index in [9.17, 15) is 0 Å². The summed E-state index contributed by atoms with van der Waals surface area (Å²) >= 11 is 0. The Kier molecular flexibility index (Phi) is 4.86. The van der Waals surface area contributed by atoms with Gasteiger partial charge in [-0.05, 0) is 6.07 Å². The van der Waals surface area contributed by atoms with Gasteiger partial charge in [-0.2, -0.15) is 5.26 Å². The van der Waals surface area contributed by atoms with Gasteiger partial charge in [0, 0.05) is 30.9 Å². The fourth-order valence-corrected chi connectivity index (χ4v) is 2.73. The fourth-order valence-electron chi connectivity index (χ4n) is 2.73. The van der Waals surface area contributed by atoms with Crippen molar-refractivity contribution in [1.82, 2.24) is 29.3 Å². The van der Waals surface area contributed by atoms with Crippen LogP contribution in [0.3, 0.4) is 0 Å². The second-order valence-electron chi connectivity index (χ2n) is 5.90. The van der Waals surface area contributed by atoms with Gasteiger partial charge in [-0.1, -0.05) is 0 Å². The number of hydrogen-bond donors (Lipinski definition) is 1. The Bertz CT molecular complexity index is 1180. The molecule has 0 saturated heterocycles. The van der Waals surface area contributed by atoms with E-state index in [0.717, 1.165) is 11.4 Å². The molecule has 0 aliphatic heterocycles. The zero-order valence-corrected chi connectivity index (χ0v) is 15.7. The summed E-state index contributed by atoms with van der Waals surface area (Å²) in [4.78, 5) is 21.3. The Balaban J connectivity index is 1.55. The smallest absolute Gasteiger partial charge is 0.231 e. The van der Waals surface area contributed by atoms with Crippen LogP contribution in [0, 0.1) is 11.3 Å². The normalized spacial score (nSPS) is 10.5. The molecule has 10 nitrogen and oxygen atoms in total. The maximum Gasteiger partial charge on any atom is 0.231 e. The molecule has 0 bridgehead atoms. The van der Waals surface area contributed by atoms with E-state index in [2.05, 4.69) is 30.2 Å². The first kappa shape index (κ1) is 18.1. The number of nitrogens with one attached hydrogen (secondary N) is 1. The molecule has 4 heterocycles. The number of pyridine rings is 1. The Morgan fingerprint density at radius 3 is 2.62 bits per heavy atom. The van der Waals surface area contributed by atoms with Gasteiger partial charge < -0.3 is 14.8 Å². The number of nitriles is 1. The van der Waals surface area contributed by atoms with Crippen molar-refractivity contribution in [3.05, 3.63) is 54.5 Å². The molecule has 0 unspecified atom stereocenters. The van der Waals surface area contributed by atoms with E-state index in [0.29, 0.717) is 34.5 Å². The lowest BCUT2D eigenvalue weighted by atomic mass is 10.2. The molecule has 0 spiro atoms. The summed E-state index contributed by atoms with van der Waals surface area (Å²) in [6.45, 7) is 0.238. The average molecular weight is 388 g/mol. The third-order valence-electron chi connectivity index (χ3n) is 4.14. The van der Waals surface area contributed by atoms with E-state index >= 15 is 0 Å². The van der Waals surface area contributed by atoms with Gasteiger partial charge in [-0.25, -0.2) is 19.9 Å². The Labute approximate surface area is 165 Å². The Morgan fingerprint density at radius 2 is 1.97 bits per heavy atom. The lowest BCUT2D eigenvalue weighted by Crippen LogP contribution is -2.01. The van der Waals surface area contributed by atoms with Crippen LogP contribution in [0.4, 0.5) is 5.82 Å².